The summed E-state index contributed by atoms with van der Waals surface area (Å²) in [7, 11) is 0. The zero-order valence-electron chi connectivity index (χ0n) is 15.0. The average Bonchev–Trinajstić information content (AvgIpc) is 2.60. The summed E-state index contributed by atoms with van der Waals surface area (Å²) in [6, 6.07) is 7.23. The number of nitrogens with zero attached hydrogens (tertiary/aromatic N) is 3. The summed E-state index contributed by atoms with van der Waals surface area (Å²) in [5, 5.41) is 0. The van der Waals surface area contributed by atoms with Gasteiger partial charge in [0.05, 0.1) is 13.2 Å². The molecule has 1 aromatic heterocycles. The zero-order chi connectivity index (χ0) is 19.2. The summed E-state index contributed by atoms with van der Waals surface area (Å²) in [5.41, 5.74) is -0.256. The molecule has 1 heterocycles. The molecular formula is C18H22F3N3O2. The van der Waals surface area contributed by atoms with E-state index in [1.54, 1.807) is 11.0 Å². The third-order valence-electron chi connectivity index (χ3n) is 3.49. The number of halogens is 3. The van der Waals surface area contributed by atoms with Crippen LogP contribution in [0.2, 0.25) is 0 Å². The van der Waals surface area contributed by atoms with Crippen LogP contribution in [0.5, 0.6) is 11.6 Å². The van der Waals surface area contributed by atoms with Crippen molar-refractivity contribution in [3.05, 3.63) is 36.0 Å². The van der Waals surface area contributed by atoms with Gasteiger partial charge in [0.1, 0.15) is 11.3 Å². The van der Waals surface area contributed by atoms with Crippen LogP contribution in [-0.4, -0.2) is 29.7 Å². The van der Waals surface area contributed by atoms with Crippen LogP contribution in [-0.2, 0) is 6.18 Å². The summed E-state index contributed by atoms with van der Waals surface area (Å²) in [6.45, 7) is 6.68. The lowest BCUT2D eigenvalue weighted by molar-refractivity contribution is -0.139. The average molecular weight is 369 g/mol. The highest BCUT2D eigenvalue weighted by Gasteiger charge is 2.36. The highest BCUT2D eigenvalue weighted by atomic mass is 19.4. The van der Waals surface area contributed by atoms with Crippen molar-refractivity contribution in [3.63, 3.8) is 0 Å². The van der Waals surface area contributed by atoms with Gasteiger partial charge in [0.25, 0.3) is 0 Å². The molecule has 0 N–H and O–H groups in total. The molecule has 2 rings (SSSR count). The molecule has 0 saturated heterocycles. The smallest absolute Gasteiger partial charge is 0.423 e. The minimum Gasteiger partial charge on any atom is -0.494 e. The van der Waals surface area contributed by atoms with Crippen LogP contribution < -0.4 is 14.4 Å². The first-order valence-electron chi connectivity index (χ1n) is 8.48. The Morgan fingerprint density at radius 2 is 1.88 bits per heavy atom. The van der Waals surface area contributed by atoms with Crippen LogP contribution in [0.15, 0.2) is 30.5 Å². The topological polar surface area (TPSA) is 47.5 Å². The van der Waals surface area contributed by atoms with Crippen LogP contribution >= 0.6 is 0 Å². The van der Waals surface area contributed by atoms with Crippen molar-refractivity contribution in [3.8, 4) is 11.6 Å². The lowest BCUT2D eigenvalue weighted by Crippen LogP contribution is -2.21. The molecule has 0 bridgehead atoms. The number of rotatable bonds is 8. The quantitative estimate of drug-likeness (QED) is 0.666. The van der Waals surface area contributed by atoms with Gasteiger partial charge in [0, 0.05) is 24.5 Å². The minimum atomic E-state index is -4.58. The van der Waals surface area contributed by atoms with Crippen molar-refractivity contribution >= 4 is 11.6 Å². The largest absolute Gasteiger partial charge is 0.494 e. The highest BCUT2D eigenvalue weighted by Crippen LogP contribution is 2.36. The second-order valence-electron chi connectivity index (χ2n) is 5.41. The van der Waals surface area contributed by atoms with Gasteiger partial charge >= 0.3 is 6.18 Å². The van der Waals surface area contributed by atoms with Crippen molar-refractivity contribution in [1.82, 2.24) is 9.97 Å². The van der Waals surface area contributed by atoms with E-state index in [0.717, 1.165) is 11.9 Å². The molecule has 0 spiro atoms. The normalized spacial score (nSPS) is 11.3. The molecule has 1 aromatic carbocycles. The van der Waals surface area contributed by atoms with E-state index in [1.165, 1.54) is 0 Å². The van der Waals surface area contributed by atoms with Crippen molar-refractivity contribution in [2.45, 2.75) is 33.4 Å². The summed E-state index contributed by atoms with van der Waals surface area (Å²) in [5.74, 6) is 0.349. The molecule has 0 fully saturated rings. The molecule has 0 atom stereocenters. The lowest BCUT2D eigenvalue weighted by atomic mass is 10.2. The summed E-state index contributed by atoms with van der Waals surface area (Å²) in [4.78, 5) is 9.64. The van der Waals surface area contributed by atoms with Gasteiger partial charge in [-0.15, -0.1) is 0 Å². The number of anilines is 2. The predicted molar refractivity (Wildman–Crippen MR) is 93.1 cm³/mol. The fraction of sp³-hybridized carbons (Fsp3) is 0.444. The second-order valence-corrected chi connectivity index (χ2v) is 5.41. The van der Waals surface area contributed by atoms with E-state index < -0.39 is 17.6 Å². The summed E-state index contributed by atoms with van der Waals surface area (Å²) < 4.78 is 50.2. The lowest BCUT2D eigenvalue weighted by Gasteiger charge is -2.23. The van der Waals surface area contributed by atoms with Gasteiger partial charge < -0.3 is 14.4 Å². The van der Waals surface area contributed by atoms with Crippen molar-refractivity contribution < 1.29 is 22.6 Å². The van der Waals surface area contributed by atoms with Gasteiger partial charge in [0.2, 0.25) is 11.8 Å². The van der Waals surface area contributed by atoms with Crippen LogP contribution in [0.4, 0.5) is 24.8 Å². The Hall–Kier alpha value is -2.51. The van der Waals surface area contributed by atoms with E-state index in [-0.39, 0.29) is 12.6 Å². The number of benzene rings is 1. The molecule has 0 aliphatic heterocycles. The molecule has 2 aromatic rings. The van der Waals surface area contributed by atoms with Crippen LogP contribution in [0.3, 0.4) is 0 Å². The van der Waals surface area contributed by atoms with E-state index in [2.05, 4.69) is 9.97 Å². The highest BCUT2D eigenvalue weighted by molar-refractivity contribution is 5.59. The van der Waals surface area contributed by atoms with Gasteiger partial charge in [0.15, 0.2) is 0 Å². The van der Waals surface area contributed by atoms with Gasteiger partial charge in [-0.1, -0.05) is 13.0 Å². The van der Waals surface area contributed by atoms with E-state index in [0.29, 0.717) is 25.3 Å². The molecule has 142 valence electrons. The first-order valence-corrected chi connectivity index (χ1v) is 8.48. The molecule has 0 aliphatic carbocycles. The first kappa shape index (κ1) is 19.8. The Morgan fingerprint density at radius 3 is 2.50 bits per heavy atom. The minimum absolute atomic E-state index is 0.139. The van der Waals surface area contributed by atoms with Gasteiger partial charge in [-0.2, -0.15) is 18.2 Å². The summed E-state index contributed by atoms with van der Waals surface area (Å²) in [6.07, 6.45) is -3.24. The number of hydrogen-bond donors (Lipinski definition) is 0. The Bertz CT molecular complexity index is 723. The Labute approximate surface area is 150 Å². The third kappa shape index (κ3) is 4.77. The molecule has 0 aliphatic rings. The maximum Gasteiger partial charge on any atom is 0.423 e. The Morgan fingerprint density at radius 1 is 1.12 bits per heavy atom. The number of aromatic nitrogens is 2. The Balaban J connectivity index is 2.42. The van der Waals surface area contributed by atoms with Crippen LogP contribution in [0.25, 0.3) is 0 Å². The van der Waals surface area contributed by atoms with Crippen molar-refractivity contribution in [2.75, 3.05) is 24.7 Å². The van der Waals surface area contributed by atoms with Crippen molar-refractivity contribution in [2.24, 2.45) is 0 Å². The van der Waals surface area contributed by atoms with Gasteiger partial charge in [-0.25, -0.2) is 4.98 Å². The molecular weight excluding hydrogens is 347 g/mol. The first-order chi connectivity index (χ1) is 12.4. The monoisotopic (exact) mass is 369 g/mol. The molecule has 0 saturated carbocycles. The van der Waals surface area contributed by atoms with Crippen molar-refractivity contribution in [1.29, 1.82) is 0 Å². The van der Waals surface area contributed by atoms with E-state index in [9.17, 15) is 13.2 Å². The standard InChI is InChI=1S/C18H22F3N3O2/c1-4-10-26-16-15(18(19,20)21)12-22-17(23-16)24(5-2)13-8-7-9-14(11-13)25-6-3/h7-9,11-12H,4-6,10H2,1-3H3. The molecule has 0 radical (unpaired) electrons. The molecule has 8 heteroatoms. The molecule has 5 nitrogen and oxygen atoms in total. The fourth-order valence-corrected chi connectivity index (χ4v) is 2.34. The maximum atomic E-state index is 13.2. The molecule has 26 heavy (non-hydrogen) atoms. The van der Waals surface area contributed by atoms with Crippen LogP contribution in [0.1, 0.15) is 32.8 Å². The molecule has 0 amide bonds. The van der Waals surface area contributed by atoms with Gasteiger partial charge in [-0.3, -0.25) is 0 Å². The number of hydrogen-bond acceptors (Lipinski definition) is 5. The second kappa shape index (κ2) is 8.73. The SMILES string of the molecule is CCCOc1nc(N(CC)c2cccc(OCC)c2)ncc1C(F)(F)F. The van der Waals surface area contributed by atoms with Gasteiger partial charge in [-0.05, 0) is 32.4 Å². The molecule has 0 unspecified atom stereocenters. The predicted octanol–water partition coefficient (Wildman–Crippen LogP) is 4.84. The fourth-order valence-electron chi connectivity index (χ4n) is 2.34. The Kier molecular flexibility index (Phi) is 6.65. The van der Waals surface area contributed by atoms with Crippen LogP contribution in [0, 0.1) is 0 Å². The maximum absolute atomic E-state index is 13.2. The zero-order valence-corrected chi connectivity index (χ0v) is 15.0. The number of ether oxygens (including phenoxy) is 2. The van der Waals surface area contributed by atoms with E-state index >= 15 is 0 Å². The van der Waals surface area contributed by atoms with E-state index in [1.807, 2.05) is 39.0 Å². The third-order valence-corrected chi connectivity index (χ3v) is 3.49. The number of alkyl halides is 3. The van der Waals surface area contributed by atoms with E-state index in [4.69, 9.17) is 9.47 Å². The summed E-state index contributed by atoms with van der Waals surface area (Å²) >= 11 is 0.